The van der Waals surface area contributed by atoms with Gasteiger partial charge >= 0.3 is 0 Å². The zero-order valence-electron chi connectivity index (χ0n) is 18.8. The molecule has 10 nitrogen and oxygen atoms in total. The maximum atomic E-state index is 12.1. The fourth-order valence-corrected chi connectivity index (χ4v) is 3.88. The minimum atomic E-state index is -0.194. The molecule has 0 spiro atoms. The molecule has 1 saturated heterocycles. The van der Waals surface area contributed by atoms with Gasteiger partial charge in [-0.05, 0) is 32.4 Å². The molecule has 0 aliphatic carbocycles. The molecule has 10 heteroatoms. The van der Waals surface area contributed by atoms with Gasteiger partial charge in [-0.15, -0.1) is 0 Å². The van der Waals surface area contributed by atoms with Crippen LogP contribution in [-0.2, 0) is 4.74 Å². The number of carbonyl (C=O) groups excluding carboxylic acids is 1. The molecule has 33 heavy (non-hydrogen) atoms. The van der Waals surface area contributed by atoms with Gasteiger partial charge in [-0.25, -0.2) is 9.50 Å². The molecule has 170 valence electrons. The number of amides is 1. The monoisotopic (exact) mass is 446 g/mol. The van der Waals surface area contributed by atoms with Crippen molar-refractivity contribution in [3.05, 3.63) is 48.7 Å². The average Bonchev–Trinajstić information content (AvgIpc) is 3.59. The summed E-state index contributed by atoms with van der Waals surface area (Å²) in [6, 6.07) is 4.21. The lowest BCUT2D eigenvalue weighted by Crippen LogP contribution is -2.20. The number of anilines is 1. The van der Waals surface area contributed by atoms with Crippen molar-refractivity contribution in [2.75, 3.05) is 25.6 Å². The maximum Gasteiger partial charge on any atom is 0.252 e. The van der Waals surface area contributed by atoms with Crippen molar-refractivity contribution in [1.82, 2.24) is 34.7 Å². The molecule has 0 aromatic carbocycles. The van der Waals surface area contributed by atoms with E-state index in [1.807, 2.05) is 23.1 Å². The Kier molecular flexibility index (Phi) is 5.51. The molecule has 1 aliphatic heterocycles. The average molecular weight is 447 g/mol. The van der Waals surface area contributed by atoms with Crippen LogP contribution in [0.3, 0.4) is 0 Å². The van der Waals surface area contributed by atoms with Crippen LogP contribution in [0.25, 0.3) is 28.0 Å². The number of carbonyl (C=O) groups is 1. The molecule has 2 N–H and O–H groups in total. The fourth-order valence-electron chi connectivity index (χ4n) is 3.88. The van der Waals surface area contributed by atoms with E-state index in [1.165, 1.54) is 6.20 Å². The Balaban J connectivity index is 1.62. The number of pyridine rings is 1. The van der Waals surface area contributed by atoms with Gasteiger partial charge in [-0.3, -0.25) is 14.5 Å². The molecular weight excluding hydrogens is 420 g/mol. The number of nitrogens with zero attached hydrogens (tertiary/aromatic N) is 6. The standard InChI is InChI=1S/C23H26N8O2/c1-14(2)30-6-4-20(29-30)19-12-31-22(28-21(19)27-17-5-7-33-13-17)18(11-26-31)15-8-16(10-25-9-15)23(32)24-3/h4,6,8-12,14,17H,5,7,13H2,1-3H3,(H,24,32)(H,27,28)/t17-/m0/s1. The molecule has 0 radical (unpaired) electrons. The summed E-state index contributed by atoms with van der Waals surface area (Å²) >= 11 is 0. The molecule has 1 atom stereocenters. The smallest absolute Gasteiger partial charge is 0.252 e. The van der Waals surface area contributed by atoms with Crippen LogP contribution >= 0.6 is 0 Å². The van der Waals surface area contributed by atoms with Gasteiger partial charge in [0.25, 0.3) is 5.91 Å². The number of fused-ring (bicyclic) bond motifs is 1. The van der Waals surface area contributed by atoms with Gasteiger partial charge in [0.15, 0.2) is 5.65 Å². The zero-order valence-corrected chi connectivity index (χ0v) is 18.8. The number of ether oxygens (including phenoxy) is 1. The van der Waals surface area contributed by atoms with Crippen molar-refractivity contribution in [3.63, 3.8) is 0 Å². The van der Waals surface area contributed by atoms with Gasteiger partial charge in [0, 0.05) is 55.6 Å². The van der Waals surface area contributed by atoms with Gasteiger partial charge in [-0.1, -0.05) is 0 Å². The van der Waals surface area contributed by atoms with Crippen LogP contribution in [0.1, 0.15) is 36.7 Å². The molecule has 0 saturated carbocycles. The Morgan fingerprint density at radius 3 is 2.85 bits per heavy atom. The lowest BCUT2D eigenvalue weighted by molar-refractivity contribution is 0.0962. The first-order valence-corrected chi connectivity index (χ1v) is 11.0. The summed E-state index contributed by atoms with van der Waals surface area (Å²) in [5, 5.41) is 15.4. The molecule has 1 fully saturated rings. The summed E-state index contributed by atoms with van der Waals surface area (Å²) in [5.41, 5.74) is 4.38. The summed E-state index contributed by atoms with van der Waals surface area (Å²) in [6.07, 6.45) is 9.81. The van der Waals surface area contributed by atoms with E-state index in [0.29, 0.717) is 17.8 Å². The van der Waals surface area contributed by atoms with Gasteiger partial charge in [-0.2, -0.15) is 10.2 Å². The molecule has 5 heterocycles. The van der Waals surface area contributed by atoms with Crippen LogP contribution in [0.4, 0.5) is 5.82 Å². The van der Waals surface area contributed by atoms with E-state index in [0.717, 1.165) is 41.2 Å². The Morgan fingerprint density at radius 1 is 1.24 bits per heavy atom. The number of rotatable bonds is 6. The summed E-state index contributed by atoms with van der Waals surface area (Å²) in [4.78, 5) is 21.3. The Morgan fingerprint density at radius 2 is 2.12 bits per heavy atom. The van der Waals surface area contributed by atoms with Crippen LogP contribution in [0, 0.1) is 0 Å². The second-order valence-corrected chi connectivity index (χ2v) is 8.35. The van der Waals surface area contributed by atoms with Crippen LogP contribution < -0.4 is 10.6 Å². The second-order valence-electron chi connectivity index (χ2n) is 8.35. The third kappa shape index (κ3) is 4.05. The predicted octanol–water partition coefficient (Wildman–Crippen LogP) is 2.80. The highest BCUT2D eigenvalue weighted by Crippen LogP contribution is 2.31. The van der Waals surface area contributed by atoms with E-state index in [9.17, 15) is 4.79 Å². The topological polar surface area (TPSA) is 111 Å². The third-order valence-corrected chi connectivity index (χ3v) is 5.72. The molecule has 5 rings (SSSR count). The summed E-state index contributed by atoms with van der Waals surface area (Å²) < 4.78 is 9.21. The number of hydrogen-bond donors (Lipinski definition) is 2. The molecule has 1 amide bonds. The minimum Gasteiger partial charge on any atom is -0.379 e. The van der Waals surface area contributed by atoms with E-state index in [2.05, 4.69) is 34.6 Å². The Bertz CT molecular complexity index is 1300. The quantitative estimate of drug-likeness (QED) is 0.468. The molecule has 4 aromatic heterocycles. The third-order valence-electron chi connectivity index (χ3n) is 5.72. The van der Waals surface area contributed by atoms with Crippen LogP contribution in [0.5, 0.6) is 0 Å². The lowest BCUT2D eigenvalue weighted by Gasteiger charge is -2.15. The van der Waals surface area contributed by atoms with E-state index >= 15 is 0 Å². The van der Waals surface area contributed by atoms with Gasteiger partial charge in [0.1, 0.15) is 5.82 Å². The van der Waals surface area contributed by atoms with Gasteiger partial charge in [0.2, 0.25) is 0 Å². The zero-order chi connectivity index (χ0) is 22.9. The minimum absolute atomic E-state index is 0.176. The van der Waals surface area contributed by atoms with E-state index in [1.54, 1.807) is 30.0 Å². The van der Waals surface area contributed by atoms with Crippen LogP contribution in [-0.4, -0.2) is 61.6 Å². The van der Waals surface area contributed by atoms with Crippen molar-refractivity contribution in [2.45, 2.75) is 32.4 Å². The largest absolute Gasteiger partial charge is 0.379 e. The van der Waals surface area contributed by atoms with Crippen LogP contribution in [0.15, 0.2) is 43.1 Å². The first kappa shape index (κ1) is 21.1. The highest BCUT2D eigenvalue weighted by molar-refractivity contribution is 5.95. The van der Waals surface area contributed by atoms with Gasteiger partial charge < -0.3 is 15.4 Å². The normalized spacial score (nSPS) is 15.9. The Hall–Kier alpha value is -3.79. The van der Waals surface area contributed by atoms with Crippen molar-refractivity contribution in [1.29, 1.82) is 0 Å². The first-order chi connectivity index (χ1) is 16.0. The first-order valence-electron chi connectivity index (χ1n) is 11.0. The molecule has 0 bridgehead atoms. The van der Waals surface area contributed by atoms with Crippen molar-refractivity contribution < 1.29 is 9.53 Å². The molecular formula is C23H26N8O2. The highest BCUT2D eigenvalue weighted by Gasteiger charge is 2.21. The van der Waals surface area contributed by atoms with E-state index in [-0.39, 0.29) is 18.0 Å². The van der Waals surface area contributed by atoms with E-state index < -0.39 is 0 Å². The molecule has 1 aliphatic rings. The summed E-state index contributed by atoms with van der Waals surface area (Å²) in [7, 11) is 1.60. The van der Waals surface area contributed by atoms with Crippen molar-refractivity contribution in [2.24, 2.45) is 0 Å². The lowest BCUT2D eigenvalue weighted by atomic mass is 10.1. The Labute approximate surface area is 191 Å². The summed E-state index contributed by atoms with van der Waals surface area (Å²) in [5.74, 6) is 0.532. The van der Waals surface area contributed by atoms with Gasteiger partial charge in [0.05, 0.1) is 35.7 Å². The maximum absolute atomic E-state index is 12.1. The predicted molar refractivity (Wildman–Crippen MR) is 124 cm³/mol. The fraction of sp³-hybridized carbons (Fsp3) is 0.348. The van der Waals surface area contributed by atoms with Crippen LogP contribution in [0.2, 0.25) is 0 Å². The number of nitrogens with one attached hydrogen (secondary N) is 2. The second kappa shape index (κ2) is 8.62. The summed E-state index contributed by atoms with van der Waals surface area (Å²) in [6.45, 7) is 5.55. The number of aromatic nitrogens is 6. The van der Waals surface area contributed by atoms with Crippen molar-refractivity contribution in [3.8, 4) is 22.4 Å². The van der Waals surface area contributed by atoms with Crippen molar-refractivity contribution >= 4 is 17.4 Å². The molecule has 0 unspecified atom stereocenters. The molecule has 4 aromatic rings. The number of hydrogen-bond acceptors (Lipinski definition) is 7. The SMILES string of the molecule is CNC(=O)c1cncc(-c2cnn3cc(-c4ccn(C(C)C)n4)c(N[C@H]4CCOC4)nc23)c1. The van der Waals surface area contributed by atoms with E-state index in [4.69, 9.17) is 14.8 Å². The highest BCUT2D eigenvalue weighted by atomic mass is 16.5.